The molecule has 6 nitrogen and oxygen atoms in total. The molecule has 0 amide bonds. The third kappa shape index (κ3) is 3.92. The maximum Gasteiger partial charge on any atom is 0.314 e. The zero-order valence-electron chi connectivity index (χ0n) is 9.93. The Balaban J connectivity index is 2.68. The minimum Gasteiger partial charge on any atom is -0.492 e. The van der Waals surface area contributed by atoms with E-state index in [-0.39, 0.29) is 11.4 Å². The van der Waals surface area contributed by atoms with Crippen LogP contribution < -0.4 is 14.8 Å². The molecule has 0 aromatic heterocycles. The van der Waals surface area contributed by atoms with E-state index in [1.165, 1.54) is 19.2 Å². The molecule has 0 saturated carbocycles. The van der Waals surface area contributed by atoms with Gasteiger partial charge < -0.3 is 14.8 Å². The van der Waals surface area contributed by atoms with Crippen LogP contribution in [0.1, 0.15) is 6.92 Å². The first kappa shape index (κ1) is 13.2. The third-order valence-corrected chi connectivity index (χ3v) is 2.14. The second kappa shape index (κ2) is 6.70. The van der Waals surface area contributed by atoms with E-state index in [1.54, 1.807) is 6.07 Å². The van der Waals surface area contributed by atoms with Gasteiger partial charge in [0.2, 0.25) is 0 Å². The van der Waals surface area contributed by atoms with Gasteiger partial charge in [-0.1, -0.05) is 6.92 Å². The monoisotopic (exact) mass is 240 g/mol. The number of methoxy groups -OCH3 is 1. The number of ether oxygens (including phenoxy) is 2. The lowest BCUT2D eigenvalue weighted by molar-refractivity contribution is -0.385. The van der Waals surface area contributed by atoms with Crippen molar-refractivity contribution in [2.45, 2.75) is 6.92 Å². The van der Waals surface area contributed by atoms with Gasteiger partial charge in [-0.25, -0.2) is 0 Å². The smallest absolute Gasteiger partial charge is 0.314 e. The zero-order valence-corrected chi connectivity index (χ0v) is 9.93. The Morgan fingerprint density at radius 3 is 2.82 bits per heavy atom. The number of rotatable bonds is 7. The fourth-order valence-electron chi connectivity index (χ4n) is 1.32. The van der Waals surface area contributed by atoms with Crippen molar-refractivity contribution in [2.24, 2.45) is 0 Å². The summed E-state index contributed by atoms with van der Waals surface area (Å²) in [5.74, 6) is 0.699. The Labute approximate surface area is 99.7 Å². The Hall–Kier alpha value is -1.82. The molecule has 0 aliphatic carbocycles. The molecule has 0 unspecified atom stereocenters. The van der Waals surface area contributed by atoms with E-state index >= 15 is 0 Å². The van der Waals surface area contributed by atoms with Crippen molar-refractivity contribution in [3.8, 4) is 11.5 Å². The average molecular weight is 240 g/mol. The molecule has 1 rings (SSSR count). The molecule has 6 heteroatoms. The molecular weight excluding hydrogens is 224 g/mol. The highest BCUT2D eigenvalue weighted by Gasteiger charge is 2.15. The van der Waals surface area contributed by atoms with Crippen LogP contribution in [0.15, 0.2) is 18.2 Å². The molecule has 0 heterocycles. The lowest BCUT2D eigenvalue weighted by atomic mass is 10.3. The second-order valence-corrected chi connectivity index (χ2v) is 3.29. The highest BCUT2D eigenvalue weighted by Crippen LogP contribution is 2.30. The average Bonchev–Trinajstić information content (AvgIpc) is 2.34. The van der Waals surface area contributed by atoms with Gasteiger partial charge in [0, 0.05) is 6.54 Å². The molecule has 0 fully saturated rings. The molecule has 0 aliphatic heterocycles. The van der Waals surface area contributed by atoms with Gasteiger partial charge in [0.1, 0.15) is 12.4 Å². The number of nitro groups is 1. The number of likely N-dealkylation sites (N-methyl/N-ethyl adjacent to an activating group) is 1. The number of benzene rings is 1. The van der Waals surface area contributed by atoms with Crippen LogP contribution in [0.4, 0.5) is 5.69 Å². The third-order valence-electron chi connectivity index (χ3n) is 2.14. The summed E-state index contributed by atoms with van der Waals surface area (Å²) >= 11 is 0. The zero-order chi connectivity index (χ0) is 12.7. The van der Waals surface area contributed by atoms with Crippen molar-refractivity contribution < 1.29 is 14.4 Å². The summed E-state index contributed by atoms with van der Waals surface area (Å²) in [6.07, 6.45) is 0. The van der Waals surface area contributed by atoms with Gasteiger partial charge in [0.15, 0.2) is 5.75 Å². The fraction of sp³-hybridized carbons (Fsp3) is 0.455. The predicted molar refractivity (Wildman–Crippen MR) is 63.7 cm³/mol. The number of hydrogen-bond acceptors (Lipinski definition) is 5. The van der Waals surface area contributed by atoms with E-state index in [0.717, 1.165) is 6.54 Å². The SMILES string of the molecule is CCNCCOc1ccc(OC)c([N+](=O)[O-])c1. The summed E-state index contributed by atoms with van der Waals surface area (Å²) in [5.41, 5.74) is -0.0894. The van der Waals surface area contributed by atoms with E-state index in [1.807, 2.05) is 6.92 Å². The molecule has 1 aromatic carbocycles. The van der Waals surface area contributed by atoms with Gasteiger partial charge in [-0.3, -0.25) is 10.1 Å². The van der Waals surface area contributed by atoms with E-state index in [4.69, 9.17) is 9.47 Å². The van der Waals surface area contributed by atoms with Crippen LogP contribution in [-0.4, -0.2) is 31.7 Å². The first-order valence-electron chi connectivity index (χ1n) is 5.35. The predicted octanol–water partition coefficient (Wildman–Crippen LogP) is 1.59. The van der Waals surface area contributed by atoms with Crippen LogP contribution in [0.5, 0.6) is 11.5 Å². The number of nitro benzene ring substituents is 1. The summed E-state index contributed by atoms with van der Waals surface area (Å²) in [5, 5.41) is 13.9. The topological polar surface area (TPSA) is 73.6 Å². The molecule has 94 valence electrons. The highest BCUT2D eigenvalue weighted by atomic mass is 16.6. The van der Waals surface area contributed by atoms with Crippen LogP contribution in [0.25, 0.3) is 0 Å². The number of hydrogen-bond donors (Lipinski definition) is 1. The fourth-order valence-corrected chi connectivity index (χ4v) is 1.32. The molecule has 0 aliphatic rings. The molecule has 0 atom stereocenters. The quantitative estimate of drug-likeness (QED) is 0.445. The lowest BCUT2D eigenvalue weighted by Gasteiger charge is -2.07. The van der Waals surface area contributed by atoms with Gasteiger partial charge in [0.25, 0.3) is 0 Å². The number of nitrogens with one attached hydrogen (secondary N) is 1. The van der Waals surface area contributed by atoms with Gasteiger partial charge in [-0.05, 0) is 18.7 Å². The summed E-state index contributed by atoms with van der Waals surface area (Å²) < 4.78 is 10.3. The number of nitrogens with zero attached hydrogens (tertiary/aromatic N) is 1. The summed E-state index contributed by atoms with van der Waals surface area (Å²) in [7, 11) is 1.40. The van der Waals surface area contributed by atoms with E-state index in [2.05, 4.69) is 5.32 Å². The minimum atomic E-state index is -0.490. The van der Waals surface area contributed by atoms with E-state index in [0.29, 0.717) is 18.9 Å². The highest BCUT2D eigenvalue weighted by molar-refractivity contribution is 5.50. The standard InChI is InChI=1S/C11H16N2O4/c1-3-12-6-7-17-9-4-5-11(16-2)10(8-9)13(14)15/h4-5,8,12H,3,6-7H2,1-2H3. The molecule has 1 N–H and O–H groups in total. The van der Waals surface area contributed by atoms with Crippen LogP contribution in [0.2, 0.25) is 0 Å². The van der Waals surface area contributed by atoms with Crippen molar-refractivity contribution in [3.05, 3.63) is 28.3 Å². The Morgan fingerprint density at radius 1 is 1.47 bits per heavy atom. The van der Waals surface area contributed by atoms with Gasteiger partial charge >= 0.3 is 5.69 Å². The van der Waals surface area contributed by atoms with Gasteiger partial charge in [0.05, 0.1) is 18.1 Å². The molecule has 1 aromatic rings. The van der Waals surface area contributed by atoms with E-state index in [9.17, 15) is 10.1 Å². The molecule has 0 saturated heterocycles. The normalized spacial score (nSPS) is 10.0. The van der Waals surface area contributed by atoms with Crippen molar-refractivity contribution in [2.75, 3.05) is 26.8 Å². The first-order chi connectivity index (χ1) is 8.19. The van der Waals surface area contributed by atoms with E-state index < -0.39 is 4.92 Å². The van der Waals surface area contributed by atoms with Crippen LogP contribution in [-0.2, 0) is 0 Å². The van der Waals surface area contributed by atoms with Crippen molar-refractivity contribution >= 4 is 5.69 Å². The summed E-state index contributed by atoms with van der Waals surface area (Å²) in [6, 6.07) is 4.54. The van der Waals surface area contributed by atoms with Crippen molar-refractivity contribution in [3.63, 3.8) is 0 Å². The van der Waals surface area contributed by atoms with Gasteiger partial charge in [-0.15, -0.1) is 0 Å². The summed E-state index contributed by atoms with van der Waals surface area (Å²) in [6.45, 7) is 4.04. The van der Waals surface area contributed by atoms with Crippen LogP contribution >= 0.6 is 0 Å². The van der Waals surface area contributed by atoms with Crippen LogP contribution in [0, 0.1) is 10.1 Å². The Bertz CT molecular complexity index is 382. The maximum atomic E-state index is 10.8. The van der Waals surface area contributed by atoms with Crippen molar-refractivity contribution in [1.82, 2.24) is 5.32 Å². The first-order valence-corrected chi connectivity index (χ1v) is 5.35. The maximum absolute atomic E-state index is 10.8. The molecule has 17 heavy (non-hydrogen) atoms. The second-order valence-electron chi connectivity index (χ2n) is 3.29. The molecular formula is C11H16N2O4. The molecule has 0 bridgehead atoms. The van der Waals surface area contributed by atoms with Crippen LogP contribution in [0.3, 0.4) is 0 Å². The minimum absolute atomic E-state index is 0.0894. The Morgan fingerprint density at radius 2 is 2.24 bits per heavy atom. The van der Waals surface area contributed by atoms with Crippen molar-refractivity contribution in [1.29, 1.82) is 0 Å². The molecule has 0 spiro atoms. The summed E-state index contributed by atoms with van der Waals surface area (Å²) in [4.78, 5) is 10.3. The molecule has 0 radical (unpaired) electrons. The van der Waals surface area contributed by atoms with Gasteiger partial charge in [-0.2, -0.15) is 0 Å². The lowest BCUT2D eigenvalue weighted by Crippen LogP contribution is -2.20. The Kier molecular flexibility index (Phi) is 5.22. The largest absolute Gasteiger partial charge is 0.492 e.